The SMILES string of the molecule is CCCCCCCCCCCC(C)[C](C)C. The average molecular weight is 225 g/mol. The lowest BCUT2D eigenvalue weighted by Gasteiger charge is -2.14. The third-order valence-electron chi connectivity index (χ3n) is 3.73. The van der Waals surface area contributed by atoms with E-state index in [2.05, 4.69) is 27.7 Å². The summed E-state index contributed by atoms with van der Waals surface area (Å²) in [6, 6.07) is 0. The predicted octanol–water partition coefficient (Wildman–Crippen LogP) is 6.16. The Morgan fingerprint density at radius 1 is 0.750 bits per heavy atom. The number of unbranched alkanes of at least 4 members (excludes halogenated alkanes) is 8. The molecule has 97 valence electrons. The topological polar surface area (TPSA) is 0 Å². The molecule has 0 aliphatic rings. The molecule has 0 amide bonds. The molecule has 0 bridgehead atoms. The smallest absolute Gasteiger partial charge is 0.0275 e. The standard InChI is InChI=1S/C16H33/c1-5-6-7-8-9-10-11-12-13-14-16(4)15(2)3/h16H,5-14H2,1-4H3. The largest absolute Gasteiger partial charge is 0.0654 e. The maximum absolute atomic E-state index is 2.36. The minimum absolute atomic E-state index is 0.838. The third kappa shape index (κ3) is 10.5. The van der Waals surface area contributed by atoms with Crippen LogP contribution < -0.4 is 0 Å². The van der Waals surface area contributed by atoms with E-state index in [1.807, 2.05) is 0 Å². The van der Waals surface area contributed by atoms with Crippen molar-refractivity contribution in [3.8, 4) is 0 Å². The quantitative estimate of drug-likeness (QED) is 0.369. The third-order valence-corrected chi connectivity index (χ3v) is 3.73. The summed E-state index contributed by atoms with van der Waals surface area (Å²) in [5.74, 6) is 2.43. The maximum Gasteiger partial charge on any atom is -0.0275 e. The van der Waals surface area contributed by atoms with Gasteiger partial charge in [-0.25, -0.2) is 0 Å². The minimum atomic E-state index is 0.838. The fraction of sp³-hybridized carbons (Fsp3) is 0.938. The first kappa shape index (κ1) is 16.0. The van der Waals surface area contributed by atoms with Crippen LogP contribution in [0.25, 0.3) is 0 Å². The van der Waals surface area contributed by atoms with Crippen molar-refractivity contribution in [1.29, 1.82) is 0 Å². The number of hydrogen-bond acceptors (Lipinski definition) is 0. The van der Waals surface area contributed by atoms with Crippen LogP contribution in [0.1, 0.15) is 91.9 Å². The first-order chi connectivity index (χ1) is 7.68. The molecule has 0 heteroatoms. The van der Waals surface area contributed by atoms with Gasteiger partial charge in [0.1, 0.15) is 0 Å². The molecule has 0 spiro atoms. The van der Waals surface area contributed by atoms with Crippen molar-refractivity contribution in [3.63, 3.8) is 0 Å². The summed E-state index contributed by atoms with van der Waals surface area (Å²) >= 11 is 0. The van der Waals surface area contributed by atoms with Crippen LogP contribution in [0.5, 0.6) is 0 Å². The molecule has 0 saturated carbocycles. The van der Waals surface area contributed by atoms with E-state index in [4.69, 9.17) is 0 Å². The fourth-order valence-electron chi connectivity index (χ4n) is 2.05. The van der Waals surface area contributed by atoms with Gasteiger partial charge in [-0.2, -0.15) is 0 Å². The molecule has 16 heavy (non-hydrogen) atoms. The molecular formula is C16H33. The van der Waals surface area contributed by atoms with Gasteiger partial charge in [-0.3, -0.25) is 0 Å². The van der Waals surface area contributed by atoms with Crippen LogP contribution in [-0.4, -0.2) is 0 Å². The highest BCUT2D eigenvalue weighted by Gasteiger charge is 2.06. The Bertz CT molecular complexity index is 126. The average Bonchev–Trinajstić information content (AvgIpc) is 2.26. The van der Waals surface area contributed by atoms with E-state index in [1.54, 1.807) is 5.92 Å². The molecular weight excluding hydrogens is 192 g/mol. The van der Waals surface area contributed by atoms with Crippen molar-refractivity contribution in [2.24, 2.45) is 5.92 Å². The monoisotopic (exact) mass is 225 g/mol. The van der Waals surface area contributed by atoms with Crippen LogP contribution >= 0.6 is 0 Å². The Morgan fingerprint density at radius 3 is 1.62 bits per heavy atom. The van der Waals surface area contributed by atoms with Gasteiger partial charge in [0.25, 0.3) is 0 Å². The molecule has 0 heterocycles. The normalized spacial score (nSPS) is 13.3. The molecule has 0 aliphatic heterocycles. The van der Waals surface area contributed by atoms with Crippen molar-refractivity contribution in [1.82, 2.24) is 0 Å². The van der Waals surface area contributed by atoms with E-state index in [9.17, 15) is 0 Å². The summed E-state index contributed by atoms with van der Waals surface area (Å²) in [6.07, 6.45) is 14.4. The molecule has 1 unspecified atom stereocenters. The van der Waals surface area contributed by atoms with E-state index >= 15 is 0 Å². The van der Waals surface area contributed by atoms with Crippen LogP contribution in [0.15, 0.2) is 0 Å². The molecule has 0 fully saturated rings. The Kier molecular flexibility index (Phi) is 11.5. The van der Waals surface area contributed by atoms with Gasteiger partial charge >= 0.3 is 0 Å². The van der Waals surface area contributed by atoms with Crippen LogP contribution in [-0.2, 0) is 0 Å². The molecule has 0 aromatic carbocycles. The van der Waals surface area contributed by atoms with Crippen molar-refractivity contribution in [2.45, 2.75) is 91.9 Å². The van der Waals surface area contributed by atoms with Gasteiger partial charge in [0.15, 0.2) is 0 Å². The van der Waals surface area contributed by atoms with Gasteiger partial charge in [0.2, 0.25) is 0 Å². The van der Waals surface area contributed by atoms with E-state index in [0.717, 1.165) is 5.92 Å². The number of rotatable bonds is 11. The highest BCUT2D eigenvalue weighted by molar-refractivity contribution is 4.83. The summed E-state index contributed by atoms with van der Waals surface area (Å²) in [5, 5.41) is 0. The van der Waals surface area contributed by atoms with Gasteiger partial charge in [-0.1, -0.05) is 91.9 Å². The molecule has 0 aliphatic carbocycles. The molecule has 0 saturated heterocycles. The van der Waals surface area contributed by atoms with Gasteiger partial charge < -0.3 is 0 Å². The Hall–Kier alpha value is 0. The Labute approximate surface area is 104 Å². The zero-order valence-electron chi connectivity index (χ0n) is 12.1. The first-order valence-electron chi connectivity index (χ1n) is 7.48. The van der Waals surface area contributed by atoms with Crippen molar-refractivity contribution >= 4 is 0 Å². The lowest BCUT2D eigenvalue weighted by Crippen LogP contribution is -2.01. The first-order valence-corrected chi connectivity index (χ1v) is 7.48. The van der Waals surface area contributed by atoms with Crippen LogP contribution in [0.2, 0.25) is 0 Å². The van der Waals surface area contributed by atoms with E-state index in [-0.39, 0.29) is 0 Å². The van der Waals surface area contributed by atoms with Gasteiger partial charge in [-0.05, 0) is 11.8 Å². The lowest BCUT2D eigenvalue weighted by molar-refractivity contribution is 0.491. The van der Waals surface area contributed by atoms with E-state index in [0.29, 0.717) is 0 Å². The summed E-state index contributed by atoms with van der Waals surface area (Å²) in [6.45, 7) is 9.17. The van der Waals surface area contributed by atoms with E-state index < -0.39 is 0 Å². The summed E-state index contributed by atoms with van der Waals surface area (Å²) in [4.78, 5) is 0. The lowest BCUT2D eigenvalue weighted by atomic mass is 9.92. The zero-order valence-corrected chi connectivity index (χ0v) is 12.1. The molecule has 1 atom stereocenters. The van der Waals surface area contributed by atoms with E-state index in [1.165, 1.54) is 64.2 Å². The van der Waals surface area contributed by atoms with Crippen LogP contribution in [0.3, 0.4) is 0 Å². The molecule has 0 N–H and O–H groups in total. The summed E-state index contributed by atoms with van der Waals surface area (Å²) in [7, 11) is 0. The molecule has 1 radical (unpaired) electrons. The maximum atomic E-state index is 2.36. The second-order valence-electron chi connectivity index (χ2n) is 5.60. The van der Waals surface area contributed by atoms with Gasteiger partial charge in [0, 0.05) is 0 Å². The van der Waals surface area contributed by atoms with Crippen molar-refractivity contribution < 1.29 is 0 Å². The molecule has 0 rings (SSSR count). The summed E-state index contributed by atoms with van der Waals surface area (Å²) in [5.41, 5.74) is 0. The summed E-state index contributed by atoms with van der Waals surface area (Å²) < 4.78 is 0. The predicted molar refractivity (Wildman–Crippen MR) is 75.6 cm³/mol. The molecule has 0 aromatic heterocycles. The second-order valence-corrected chi connectivity index (χ2v) is 5.60. The van der Waals surface area contributed by atoms with Gasteiger partial charge in [0.05, 0.1) is 0 Å². The zero-order chi connectivity index (χ0) is 12.2. The Morgan fingerprint density at radius 2 is 1.19 bits per heavy atom. The van der Waals surface area contributed by atoms with Crippen molar-refractivity contribution in [2.75, 3.05) is 0 Å². The van der Waals surface area contributed by atoms with Gasteiger partial charge in [-0.15, -0.1) is 0 Å². The highest BCUT2D eigenvalue weighted by atomic mass is 14.1. The van der Waals surface area contributed by atoms with Crippen LogP contribution in [0.4, 0.5) is 0 Å². The second kappa shape index (κ2) is 11.5. The van der Waals surface area contributed by atoms with Crippen molar-refractivity contribution in [3.05, 3.63) is 5.92 Å². The molecule has 0 aromatic rings. The highest BCUT2D eigenvalue weighted by Crippen LogP contribution is 2.20. The minimum Gasteiger partial charge on any atom is -0.0654 e. The van der Waals surface area contributed by atoms with Crippen LogP contribution in [0, 0.1) is 11.8 Å². The Balaban J connectivity index is 3.04. The molecule has 0 nitrogen and oxygen atoms in total. The fourth-order valence-corrected chi connectivity index (χ4v) is 2.05. The number of hydrogen-bond donors (Lipinski definition) is 0.